The molecule has 0 bridgehead atoms. The van der Waals surface area contributed by atoms with Crippen molar-refractivity contribution < 1.29 is 30.3 Å². The summed E-state index contributed by atoms with van der Waals surface area (Å²) in [4.78, 5) is 11.0. The van der Waals surface area contributed by atoms with E-state index in [-0.39, 0.29) is 19.4 Å². The Morgan fingerprint density at radius 1 is 1.14 bits per heavy atom. The zero-order chi connectivity index (χ0) is 11.1. The minimum Gasteiger partial charge on any atom is -0.396 e. The molecule has 0 fully saturated rings. The van der Waals surface area contributed by atoms with Gasteiger partial charge in [-0.25, -0.2) is 0 Å². The Morgan fingerprint density at radius 3 is 2.14 bits per heavy atom. The highest BCUT2D eigenvalue weighted by atomic mass is 16.4. The lowest BCUT2D eigenvalue weighted by Crippen LogP contribution is -2.43. The molecule has 0 spiro atoms. The van der Waals surface area contributed by atoms with E-state index < -0.39 is 30.7 Å². The average molecular weight is 208 g/mol. The fourth-order valence-electron chi connectivity index (χ4n) is 0.910. The third-order valence-electron chi connectivity index (χ3n) is 1.82. The molecule has 0 aliphatic rings. The van der Waals surface area contributed by atoms with E-state index in [1.54, 1.807) is 0 Å². The second-order valence-electron chi connectivity index (χ2n) is 2.98. The number of rotatable bonds is 7. The summed E-state index contributed by atoms with van der Waals surface area (Å²) in [7, 11) is 0. The first-order valence-corrected chi connectivity index (χ1v) is 4.33. The van der Waals surface area contributed by atoms with Crippen LogP contribution in [-0.4, -0.2) is 62.8 Å². The molecule has 0 aliphatic carbocycles. The van der Waals surface area contributed by atoms with Crippen molar-refractivity contribution in [3.05, 3.63) is 0 Å². The minimum absolute atomic E-state index is 0.0765. The Labute approximate surface area is 81.4 Å². The van der Waals surface area contributed by atoms with E-state index in [2.05, 4.69) is 0 Å². The van der Waals surface area contributed by atoms with Crippen LogP contribution in [0.15, 0.2) is 0 Å². The largest absolute Gasteiger partial charge is 0.396 e. The molecule has 0 radical (unpaired) electrons. The molecule has 0 amide bonds. The summed E-state index contributed by atoms with van der Waals surface area (Å²) in [5, 5.41) is 44.0. The number of carbonyl (C=O) groups excluding carboxylic acids is 1. The predicted molar refractivity (Wildman–Crippen MR) is 46.4 cm³/mol. The number of hydrogen-bond acceptors (Lipinski definition) is 6. The third-order valence-corrected chi connectivity index (χ3v) is 1.82. The van der Waals surface area contributed by atoms with Gasteiger partial charge in [-0.05, 0) is 6.42 Å². The van der Waals surface area contributed by atoms with Gasteiger partial charge in [0.1, 0.15) is 18.3 Å². The highest BCUT2D eigenvalue weighted by Crippen LogP contribution is 2.04. The summed E-state index contributed by atoms with van der Waals surface area (Å²) in [6, 6.07) is 0. The van der Waals surface area contributed by atoms with Crippen molar-refractivity contribution in [2.45, 2.75) is 31.2 Å². The van der Waals surface area contributed by atoms with E-state index in [1.807, 2.05) is 0 Å². The van der Waals surface area contributed by atoms with Crippen LogP contribution in [0.25, 0.3) is 0 Å². The summed E-state index contributed by atoms with van der Waals surface area (Å²) in [5.74, 6) is -0.668. The number of hydrogen-bond donors (Lipinski definition) is 5. The smallest absolute Gasteiger partial charge is 0.164 e. The van der Waals surface area contributed by atoms with E-state index in [9.17, 15) is 4.79 Å². The van der Waals surface area contributed by atoms with Gasteiger partial charge in [0.25, 0.3) is 0 Å². The zero-order valence-corrected chi connectivity index (χ0v) is 7.70. The molecule has 0 unspecified atom stereocenters. The highest BCUT2D eigenvalue weighted by molar-refractivity contribution is 5.83. The first kappa shape index (κ1) is 13.5. The predicted octanol–water partition coefficient (Wildman–Crippen LogP) is -2.60. The topological polar surface area (TPSA) is 118 Å². The van der Waals surface area contributed by atoms with Crippen LogP contribution in [0.5, 0.6) is 0 Å². The summed E-state index contributed by atoms with van der Waals surface area (Å²) >= 11 is 0. The van der Waals surface area contributed by atoms with Gasteiger partial charge in [-0.1, -0.05) is 0 Å². The maximum Gasteiger partial charge on any atom is 0.164 e. The Bertz CT molecular complexity index is 171. The molecule has 6 heteroatoms. The van der Waals surface area contributed by atoms with Gasteiger partial charge >= 0.3 is 0 Å². The molecular weight excluding hydrogens is 192 g/mol. The monoisotopic (exact) mass is 208 g/mol. The molecule has 5 N–H and O–H groups in total. The highest BCUT2D eigenvalue weighted by Gasteiger charge is 2.28. The fraction of sp³-hybridized carbons (Fsp3) is 0.875. The number of carbonyl (C=O) groups is 1. The van der Waals surface area contributed by atoms with Crippen molar-refractivity contribution in [3.63, 3.8) is 0 Å². The second kappa shape index (κ2) is 6.86. The molecule has 14 heavy (non-hydrogen) atoms. The van der Waals surface area contributed by atoms with Gasteiger partial charge in [0.15, 0.2) is 5.78 Å². The fourth-order valence-corrected chi connectivity index (χ4v) is 0.910. The minimum atomic E-state index is -1.72. The van der Waals surface area contributed by atoms with Crippen molar-refractivity contribution >= 4 is 5.78 Å². The molecule has 0 aromatic carbocycles. The van der Waals surface area contributed by atoms with E-state index in [0.29, 0.717) is 0 Å². The molecule has 0 saturated heterocycles. The Kier molecular flexibility index (Phi) is 6.60. The normalized spacial score (nSPS) is 17.5. The van der Waals surface area contributed by atoms with Gasteiger partial charge in [0.05, 0.1) is 6.61 Å². The molecule has 0 aliphatic heterocycles. The Morgan fingerprint density at radius 2 is 1.71 bits per heavy atom. The van der Waals surface area contributed by atoms with Crippen molar-refractivity contribution in [2.75, 3.05) is 13.2 Å². The SMILES string of the molecule is O=C(CCCO)[C@@H](O)[C@H](O)[C@H](O)CO. The summed E-state index contributed by atoms with van der Waals surface area (Å²) in [6.07, 6.45) is -4.83. The molecule has 3 atom stereocenters. The van der Waals surface area contributed by atoms with Crippen molar-refractivity contribution in [1.82, 2.24) is 0 Å². The molecular formula is C8H16O6. The maximum atomic E-state index is 11.0. The molecule has 0 aromatic rings. The van der Waals surface area contributed by atoms with Crippen LogP contribution in [0.2, 0.25) is 0 Å². The van der Waals surface area contributed by atoms with Gasteiger partial charge in [-0.3, -0.25) is 4.79 Å². The van der Waals surface area contributed by atoms with Gasteiger partial charge in [-0.15, -0.1) is 0 Å². The molecule has 0 aromatic heterocycles. The number of Topliss-reactive ketones (excluding diaryl/α,β-unsaturated/α-hetero) is 1. The van der Waals surface area contributed by atoms with Crippen molar-refractivity contribution in [1.29, 1.82) is 0 Å². The average Bonchev–Trinajstić information content (AvgIpc) is 2.22. The van der Waals surface area contributed by atoms with Crippen LogP contribution in [0.4, 0.5) is 0 Å². The van der Waals surface area contributed by atoms with E-state index in [4.69, 9.17) is 25.5 Å². The Hall–Kier alpha value is -0.530. The lowest BCUT2D eigenvalue weighted by atomic mass is 10.0. The molecule has 84 valence electrons. The van der Waals surface area contributed by atoms with Gasteiger partial charge < -0.3 is 25.5 Å². The number of ketones is 1. The quantitative estimate of drug-likeness (QED) is 0.313. The van der Waals surface area contributed by atoms with Crippen LogP contribution in [0.3, 0.4) is 0 Å². The van der Waals surface area contributed by atoms with Crippen LogP contribution in [0, 0.1) is 0 Å². The molecule has 0 rings (SSSR count). The van der Waals surface area contributed by atoms with E-state index >= 15 is 0 Å². The van der Waals surface area contributed by atoms with E-state index in [0.717, 1.165) is 0 Å². The van der Waals surface area contributed by atoms with E-state index in [1.165, 1.54) is 0 Å². The van der Waals surface area contributed by atoms with Crippen LogP contribution in [-0.2, 0) is 4.79 Å². The lowest BCUT2D eigenvalue weighted by molar-refractivity contribution is -0.140. The summed E-state index contributed by atoms with van der Waals surface area (Å²) < 4.78 is 0. The van der Waals surface area contributed by atoms with Crippen molar-refractivity contribution in [3.8, 4) is 0 Å². The van der Waals surface area contributed by atoms with Crippen LogP contribution < -0.4 is 0 Å². The van der Waals surface area contributed by atoms with Gasteiger partial charge in [0.2, 0.25) is 0 Å². The first-order valence-electron chi connectivity index (χ1n) is 4.33. The zero-order valence-electron chi connectivity index (χ0n) is 7.70. The molecule has 0 saturated carbocycles. The lowest BCUT2D eigenvalue weighted by Gasteiger charge is -2.20. The number of aliphatic hydroxyl groups is 5. The third kappa shape index (κ3) is 4.12. The van der Waals surface area contributed by atoms with Crippen molar-refractivity contribution in [2.24, 2.45) is 0 Å². The van der Waals surface area contributed by atoms with Crippen LogP contribution in [0.1, 0.15) is 12.8 Å². The standard InChI is InChI=1S/C8H16O6/c9-3-1-2-5(11)7(13)8(14)6(12)4-10/h6-10,12-14H,1-4H2/t6-,7-,8-/m1/s1. The molecule has 6 nitrogen and oxygen atoms in total. The Balaban J connectivity index is 4.03. The summed E-state index contributed by atoms with van der Waals surface area (Å²) in [5.41, 5.74) is 0. The molecule has 0 heterocycles. The van der Waals surface area contributed by atoms with Gasteiger partial charge in [-0.2, -0.15) is 0 Å². The maximum absolute atomic E-state index is 11.0. The number of aliphatic hydroxyl groups excluding tert-OH is 5. The van der Waals surface area contributed by atoms with Gasteiger partial charge in [0, 0.05) is 13.0 Å². The van der Waals surface area contributed by atoms with Crippen LogP contribution >= 0.6 is 0 Å². The first-order chi connectivity index (χ1) is 6.54. The second-order valence-corrected chi connectivity index (χ2v) is 2.98. The summed E-state index contributed by atoms with van der Waals surface area (Å²) in [6.45, 7) is -0.914.